The summed E-state index contributed by atoms with van der Waals surface area (Å²) in [5.74, 6) is -2.04. The van der Waals surface area contributed by atoms with Gasteiger partial charge in [-0.05, 0) is 0 Å². The molecule has 0 bridgehead atoms. The van der Waals surface area contributed by atoms with Crippen molar-refractivity contribution in [3.8, 4) is 0 Å². The fourth-order valence-electron chi connectivity index (χ4n) is 1.80. The van der Waals surface area contributed by atoms with E-state index < -0.39 is 23.6 Å². The van der Waals surface area contributed by atoms with Gasteiger partial charge >= 0.3 is 0 Å². The largest absolute Gasteiger partial charge is 0.278 e. The highest BCUT2D eigenvalue weighted by atomic mass is 16.2. The Hall–Kier alpha value is -2.24. The molecule has 2 heterocycles. The summed E-state index contributed by atoms with van der Waals surface area (Å²) in [5.41, 5.74) is -0.149. The number of carbonyl (C=O) groups excluding carboxylic acids is 4. The average molecular weight is 234 g/mol. The van der Waals surface area contributed by atoms with Gasteiger partial charge in [-0.25, -0.2) is 4.90 Å². The minimum atomic E-state index is -0.626. The van der Waals surface area contributed by atoms with Crippen molar-refractivity contribution >= 4 is 23.6 Å². The molecule has 0 aliphatic carbocycles. The lowest BCUT2D eigenvalue weighted by molar-refractivity contribution is -0.143. The number of carbonyl (C=O) groups is 4. The Labute approximate surface area is 97.2 Å². The fourth-order valence-corrected chi connectivity index (χ4v) is 1.80. The van der Waals surface area contributed by atoms with Gasteiger partial charge in [-0.1, -0.05) is 6.08 Å². The molecule has 6 heteroatoms. The first-order valence-corrected chi connectivity index (χ1v) is 5.10. The summed E-state index contributed by atoms with van der Waals surface area (Å²) in [5, 5.41) is 0. The minimum Gasteiger partial charge on any atom is -0.274 e. The van der Waals surface area contributed by atoms with Crippen molar-refractivity contribution in [2.24, 2.45) is 0 Å². The molecule has 0 atom stereocenters. The molecule has 0 aromatic carbocycles. The molecular formula is C11H10N2O4. The van der Waals surface area contributed by atoms with Gasteiger partial charge in [-0.15, -0.1) is 6.58 Å². The molecule has 0 unspecified atom stereocenters. The molecule has 0 aromatic rings. The molecule has 0 aromatic heterocycles. The van der Waals surface area contributed by atoms with Crippen molar-refractivity contribution in [1.82, 2.24) is 9.80 Å². The molecule has 0 spiro atoms. The number of amides is 4. The number of imide groups is 2. The lowest BCUT2D eigenvalue weighted by atomic mass is 10.3. The number of hydrogen-bond donors (Lipinski definition) is 0. The summed E-state index contributed by atoms with van der Waals surface area (Å²) < 4.78 is 0. The average Bonchev–Trinajstić information content (AvgIpc) is 2.74. The molecule has 2 rings (SSSR count). The number of hydrogen-bond acceptors (Lipinski definition) is 4. The Morgan fingerprint density at radius 2 is 1.76 bits per heavy atom. The van der Waals surface area contributed by atoms with Crippen molar-refractivity contribution in [3.05, 3.63) is 24.4 Å². The Morgan fingerprint density at radius 3 is 2.29 bits per heavy atom. The summed E-state index contributed by atoms with van der Waals surface area (Å²) in [6.07, 6.45) is 2.59. The SMILES string of the molecule is C=CCN1C(=O)C=C(N2C(=O)CCC2=O)C1=O. The highest BCUT2D eigenvalue weighted by Crippen LogP contribution is 2.23. The lowest BCUT2D eigenvalue weighted by Crippen LogP contribution is -2.37. The summed E-state index contributed by atoms with van der Waals surface area (Å²) in [6.45, 7) is 3.49. The zero-order valence-electron chi connectivity index (χ0n) is 9.01. The van der Waals surface area contributed by atoms with Crippen molar-refractivity contribution in [2.75, 3.05) is 6.54 Å². The van der Waals surface area contributed by atoms with Crippen LogP contribution in [0.5, 0.6) is 0 Å². The summed E-state index contributed by atoms with van der Waals surface area (Å²) in [6, 6.07) is 0. The Kier molecular flexibility index (Phi) is 2.63. The first-order chi connectivity index (χ1) is 8.06. The van der Waals surface area contributed by atoms with Gasteiger partial charge in [0.15, 0.2) is 0 Å². The van der Waals surface area contributed by atoms with Gasteiger partial charge < -0.3 is 0 Å². The van der Waals surface area contributed by atoms with Crippen LogP contribution in [0.25, 0.3) is 0 Å². The third kappa shape index (κ3) is 1.67. The first kappa shape index (κ1) is 11.3. The second-order valence-corrected chi connectivity index (χ2v) is 3.70. The fraction of sp³-hybridized carbons (Fsp3) is 0.273. The van der Waals surface area contributed by atoms with Crippen molar-refractivity contribution in [3.63, 3.8) is 0 Å². The normalized spacial score (nSPS) is 20.4. The zero-order valence-corrected chi connectivity index (χ0v) is 9.01. The maximum atomic E-state index is 11.8. The van der Waals surface area contributed by atoms with Crippen molar-refractivity contribution in [2.45, 2.75) is 12.8 Å². The minimum absolute atomic E-state index is 0.0634. The predicted molar refractivity (Wildman–Crippen MR) is 56.1 cm³/mol. The van der Waals surface area contributed by atoms with Gasteiger partial charge in [0, 0.05) is 25.5 Å². The van der Waals surface area contributed by atoms with Crippen LogP contribution in [0.3, 0.4) is 0 Å². The van der Waals surface area contributed by atoms with Gasteiger partial charge in [0.25, 0.3) is 11.8 Å². The molecule has 2 aliphatic rings. The van der Waals surface area contributed by atoms with Crippen LogP contribution >= 0.6 is 0 Å². The Balaban J connectivity index is 2.29. The second kappa shape index (κ2) is 3.97. The van der Waals surface area contributed by atoms with E-state index in [2.05, 4.69) is 6.58 Å². The van der Waals surface area contributed by atoms with Crippen LogP contribution in [0.4, 0.5) is 0 Å². The summed E-state index contributed by atoms with van der Waals surface area (Å²) in [4.78, 5) is 47.9. The van der Waals surface area contributed by atoms with Gasteiger partial charge in [0.1, 0.15) is 5.70 Å². The van der Waals surface area contributed by atoms with E-state index in [0.29, 0.717) is 0 Å². The van der Waals surface area contributed by atoms with Gasteiger partial charge in [-0.2, -0.15) is 0 Å². The monoisotopic (exact) mass is 234 g/mol. The second-order valence-electron chi connectivity index (χ2n) is 3.70. The van der Waals surface area contributed by atoms with E-state index in [1.165, 1.54) is 6.08 Å². The van der Waals surface area contributed by atoms with E-state index in [-0.39, 0.29) is 25.1 Å². The quantitative estimate of drug-likeness (QED) is 0.490. The van der Waals surface area contributed by atoms with E-state index in [4.69, 9.17) is 0 Å². The van der Waals surface area contributed by atoms with Crippen LogP contribution in [0.15, 0.2) is 24.4 Å². The summed E-state index contributed by atoms with van der Waals surface area (Å²) >= 11 is 0. The van der Waals surface area contributed by atoms with E-state index in [9.17, 15) is 19.2 Å². The molecule has 1 saturated heterocycles. The third-order valence-corrected chi connectivity index (χ3v) is 2.59. The van der Waals surface area contributed by atoms with Crippen LogP contribution in [0.2, 0.25) is 0 Å². The van der Waals surface area contributed by atoms with Crippen LogP contribution in [-0.2, 0) is 19.2 Å². The van der Waals surface area contributed by atoms with Crippen molar-refractivity contribution in [1.29, 1.82) is 0 Å². The molecule has 88 valence electrons. The molecule has 0 saturated carbocycles. The molecular weight excluding hydrogens is 224 g/mol. The molecule has 17 heavy (non-hydrogen) atoms. The Morgan fingerprint density at radius 1 is 1.18 bits per heavy atom. The van der Waals surface area contributed by atoms with Crippen LogP contribution in [0.1, 0.15) is 12.8 Å². The van der Waals surface area contributed by atoms with E-state index in [0.717, 1.165) is 15.9 Å². The highest BCUT2D eigenvalue weighted by Gasteiger charge is 2.41. The number of rotatable bonds is 3. The summed E-state index contributed by atoms with van der Waals surface area (Å²) in [7, 11) is 0. The molecule has 2 aliphatic heterocycles. The highest BCUT2D eigenvalue weighted by molar-refractivity contribution is 6.20. The van der Waals surface area contributed by atoms with E-state index in [1.807, 2.05) is 0 Å². The number of likely N-dealkylation sites (tertiary alicyclic amines) is 1. The standard InChI is InChI=1S/C11H10N2O4/c1-2-5-12-10(16)6-7(11(12)17)13-8(14)3-4-9(13)15/h2,6H,1,3-5H2. The first-order valence-electron chi connectivity index (χ1n) is 5.10. The molecule has 6 nitrogen and oxygen atoms in total. The number of nitrogens with zero attached hydrogens (tertiary/aromatic N) is 2. The van der Waals surface area contributed by atoms with Crippen LogP contribution < -0.4 is 0 Å². The van der Waals surface area contributed by atoms with Crippen LogP contribution in [0, 0.1) is 0 Å². The van der Waals surface area contributed by atoms with Gasteiger partial charge in [0.2, 0.25) is 11.8 Å². The van der Waals surface area contributed by atoms with Gasteiger partial charge in [-0.3, -0.25) is 24.1 Å². The predicted octanol–water partition coefficient (Wildman–Crippen LogP) is -0.426. The topological polar surface area (TPSA) is 74.8 Å². The smallest absolute Gasteiger partial charge is 0.274 e. The maximum absolute atomic E-state index is 11.8. The lowest BCUT2D eigenvalue weighted by Gasteiger charge is -2.16. The van der Waals surface area contributed by atoms with Crippen LogP contribution in [-0.4, -0.2) is 40.0 Å². The zero-order chi connectivity index (χ0) is 12.6. The molecule has 0 N–H and O–H groups in total. The molecule has 4 amide bonds. The maximum Gasteiger partial charge on any atom is 0.278 e. The van der Waals surface area contributed by atoms with E-state index >= 15 is 0 Å². The van der Waals surface area contributed by atoms with Gasteiger partial charge in [0.05, 0.1) is 0 Å². The molecule has 0 radical (unpaired) electrons. The third-order valence-electron chi connectivity index (χ3n) is 2.59. The van der Waals surface area contributed by atoms with E-state index in [1.54, 1.807) is 0 Å². The molecule has 1 fully saturated rings. The Bertz CT molecular complexity index is 462. The van der Waals surface area contributed by atoms with Crippen molar-refractivity contribution < 1.29 is 19.2 Å².